The predicted octanol–water partition coefficient (Wildman–Crippen LogP) is 2.41. The van der Waals surface area contributed by atoms with Crippen molar-refractivity contribution in [2.24, 2.45) is 5.92 Å². The first-order valence-electron chi connectivity index (χ1n) is 7.05. The summed E-state index contributed by atoms with van der Waals surface area (Å²) >= 11 is 0. The van der Waals surface area contributed by atoms with Crippen LogP contribution >= 0.6 is 0 Å². The van der Waals surface area contributed by atoms with Gasteiger partial charge in [0.1, 0.15) is 0 Å². The zero-order chi connectivity index (χ0) is 12.8. The highest BCUT2D eigenvalue weighted by Crippen LogP contribution is 2.24. The van der Waals surface area contributed by atoms with Gasteiger partial charge in [0.05, 0.1) is 0 Å². The lowest BCUT2D eigenvalue weighted by Crippen LogP contribution is -2.38. The molecule has 3 nitrogen and oxygen atoms in total. The highest BCUT2D eigenvalue weighted by molar-refractivity contribution is 5.76. The zero-order valence-electron chi connectivity index (χ0n) is 11.8. The number of hydrogen-bond donors (Lipinski definition) is 1. The highest BCUT2D eigenvalue weighted by atomic mass is 16.2. The van der Waals surface area contributed by atoms with E-state index in [0.29, 0.717) is 30.3 Å². The number of nitrogens with one attached hydrogen (secondary N) is 1. The third-order valence-electron chi connectivity index (χ3n) is 3.51. The van der Waals surface area contributed by atoms with Gasteiger partial charge in [-0.1, -0.05) is 27.7 Å². The van der Waals surface area contributed by atoms with Crippen LogP contribution in [0.4, 0.5) is 0 Å². The molecule has 1 saturated heterocycles. The number of carbonyl (C=O) groups excluding carboxylic acids is 1. The molecule has 1 heterocycles. The van der Waals surface area contributed by atoms with Crippen LogP contribution in [0.25, 0.3) is 0 Å². The Bertz CT molecular complexity index is 238. The second-order valence-electron chi connectivity index (χ2n) is 5.75. The molecule has 0 bridgehead atoms. The van der Waals surface area contributed by atoms with Gasteiger partial charge in [0.15, 0.2) is 0 Å². The van der Waals surface area contributed by atoms with Gasteiger partial charge in [0.25, 0.3) is 0 Å². The summed E-state index contributed by atoms with van der Waals surface area (Å²) < 4.78 is 0. The summed E-state index contributed by atoms with van der Waals surface area (Å²) in [4.78, 5) is 14.2. The maximum atomic E-state index is 12.1. The van der Waals surface area contributed by atoms with Crippen LogP contribution in [0.1, 0.15) is 53.4 Å². The standard InChI is InChI=1S/C14H28N2O/c1-11(2)13-7-6-10-16(13)14(17)8-5-9-15-12(3)4/h11-13,15H,5-10H2,1-4H3. The molecule has 3 heteroatoms. The maximum Gasteiger partial charge on any atom is 0.222 e. The van der Waals surface area contributed by atoms with Gasteiger partial charge < -0.3 is 10.2 Å². The molecule has 0 spiro atoms. The second kappa shape index (κ2) is 7.00. The van der Waals surface area contributed by atoms with Crippen molar-refractivity contribution >= 4 is 5.91 Å². The first-order valence-corrected chi connectivity index (χ1v) is 7.05. The lowest BCUT2D eigenvalue weighted by atomic mass is 10.0. The van der Waals surface area contributed by atoms with E-state index < -0.39 is 0 Å². The van der Waals surface area contributed by atoms with Crippen LogP contribution < -0.4 is 5.32 Å². The average molecular weight is 240 g/mol. The van der Waals surface area contributed by atoms with Gasteiger partial charge in [0, 0.05) is 25.0 Å². The van der Waals surface area contributed by atoms with Crippen LogP contribution in [0.3, 0.4) is 0 Å². The van der Waals surface area contributed by atoms with Gasteiger partial charge in [-0.25, -0.2) is 0 Å². The van der Waals surface area contributed by atoms with Gasteiger partial charge in [0.2, 0.25) is 5.91 Å². The molecular weight excluding hydrogens is 212 g/mol. The molecule has 1 aliphatic heterocycles. The van der Waals surface area contributed by atoms with E-state index >= 15 is 0 Å². The van der Waals surface area contributed by atoms with Crippen molar-refractivity contribution in [2.45, 2.75) is 65.5 Å². The first kappa shape index (κ1) is 14.5. The van der Waals surface area contributed by atoms with E-state index in [1.807, 2.05) is 0 Å². The fraction of sp³-hybridized carbons (Fsp3) is 0.929. The normalized spacial score (nSPS) is 20.6. The molecule has 0 aliphatic carbocycles. The van der Waals surface area contributed by atoms with E-state index in [1.165, 1.54) is 12.8 Å². The van der Waals surface area contributed by atoms with E-state index in [0.717, 1.165) is 19.5 Å². The smallest absolute Gasteiger partial charge is 0.222 e. The van der Waals surface area contributed by atoms with Crippen molar-refractivity contribution < 1.29 is 4.79 Å². The molecular formula is C14H28N2O. The maximum absolute atomic E-state index is 12.1. The topological polar surface area (TPSA) is 32.3 Å². The van der Waals surface area contributed by atoms with Crippen LogP contribution in [0.5, 0.6) is 0 Å². The molecule has 1 fully saturated rings. The third kappa shape index (κ3) is 4.66. The average Bonchev–Trinajstić information content (AvgIpc) is 2.72. The van der Waals surface area contributed by atoms with Gasteiger partial charge in [-0.05, 0) is 31.7 Å². The van der Waals surface area contributed by atoms with Crippen LogP contribution in [-0.4, -0.2) is 36.0 Å². The Morgan fingerprint density at radius 2 is 2.06 bits per heavy atom. The zero-order valence-corrected chi connectivity index (χ0v) is 11.8. The lowest BCUT2D eigenvalue weighted by molar-refractivity contribution is -0.132. The van der Waals surface area contributed by atoms with Crippen LogP contribution in [0.15, 0.2) is 0 Å². The summed E-state index contributed by atoms with van der Waals surface area (Å²) in [5, 5.41) is 3.35. The quantitative estimate of drug-likeness (QED) is 0.723. The molecule has 1 rings (SSSR count). The summed E-state index contributed by atoms with van der Waals surface area (Å²) in [6.45, 7) is 10.6. The summed E-state index contributed by atoms with van der Waals surface area (Å²) in [7, 11) is 0. The monoisotopic (exact) mass is 240 g/mol. The fourth-order valence-electron chi connectivity index (χ4n) is 2.57. The molecule has 1 N–H and O–H groups in total. The minimum atomic E-state index is 0.353. The Labute approximate surface area is 106 Å². The minimum absolute atomic E-state index is 0.353. The predicted molar refractivity (Wildman–Crippen MR) is 71.9 cm³/mol. The fourth-order valence-corrected chi connectivity index (χ4v) is 2.57. The summed E-state index contributed by atoms with van der Waals surface area (Å²) in [5.41, 5.74) is 0. The van der Waals surface area contributed by atoms with E-state index in [9.17, 15) is 4.79 Å². The van der Waals surface area contributed by atoms with Crippen molar-refractivity contribution in [3.8, 4) is 0 Å². The van der Waals surface area contributed by atoms with Crippen molar-refractivity contribution in [3.05, 3.63) is 0 Å². The second-order valence-corrected chi connectivity index (χ2v) is 5.75. The van der Waals surface area contributed by atoms with Crippen molar-refractivity contribution in [3.63, 3.8) is 0 Å². The highest BCUT2D eigenvalue weighted by Gasteiger charge is 2.29. The minimum Gasteiger partial charge on any atom is -0.339 e. The molecule has 17 heavy (non-hydrogen) atoms. The van der Waals surface area contributed by atoms with Gasteiger partial charge in [-0.2, -0.15) is 0 Å². The SMILES string of the molecule is CC(C)NCCCC(=O)N1CCCC1C(C)C. The first-order chi connectivity index (χ1) is 8.02. The molecule has 0 aromatic rings. The van der Waals surface area contributed by atoms with Gasteiger partial charge in [-0.3, -0.25) is 4.79 Å². The van der Waals surface area contributed by atoms with E-state index in [2.05, 4.69) is 37.9 Å². The van der Waals surface area contributed by atoms with Crippen molar-refractivity contribution in [1.29, 1.82) is 0 Å². The van der Waals surface area contributed by atoms with Crippen molar-refractivity contribution in [1.82, 2.24) is 10.2 Å². The van der Waals surface area contributed by atoms with Crippen LogP contribution in [-0.2, 0) is 4.79 Å². The molecule has 0 aromatic heterocycles. The number of likely N-dealkylation sites (tertiary alicyclic amines) is 1. The Balaban J connectivity index is 2.27. The molecule has 1 atom stereocenters. The molecule has 100 valence electrons. The largest absolute Gasteiger partial charge is 0.339 e. The molecule has 1 unspecified atom stereocenters. The number of nitrogens with zero attached hydrogens (tertiary/aromatic N) is 1. The third-order valence-corrected chi connectivity index (χ3v) is 3.51. The van der Waals surface area contributed by atoms with Gasteiger partial charge >= 0.3 is 0 Å². The van der Waals surface area contributed by atoms with Crippen molar-refractivity contribution in [2.75, 3.05) is 13.1 Å². The Hall–Kier alpha value is -0.570. The Kier molecular flexibility index (Phi) is 5.96. The number of amides is 1. The number of hydrogen-bond acceptors (Lipinski definition) is 2. The van der Waals surface area contributed by atoms with Crippen LogP contribution in [0.2, 0.25) is 0 Å². The number of rotatable bonds is 6. The van der Waals surface area contributed by atoms with E-state index in [-0.39, 0.29) is 0 Å². The molecule has 0 saturated carbocycles. The molecule has 0 aromatic carbocycles. The summed E-state index contributed by atoms with van der Waals surface area (Å²) in [6.07, 6.45) is 4.02. The van der Waals surface area contributed by atoms with E-state index in [4.69, 9.17) is 0 Å². The van der Waals surface area contributed by atoms with Crippen LogP contribution in [0, 0.1) is 5.92 Å². The lowest BCUT2D eigenvalue weighted by Gasteiger charge is -2.27. The summed E-state index contributed by atoms with van der Waals surface area (Å²) in [5.74, 6) is 0.946. The Morgan fingerprint density at radius 3 is 2.65 bits per heavy atom. The molecule has 1 amide bonds. The molecule has 1 aliphatic rings. The van der Waals surface area contributed by atoms with Gasteiger partial charge in [-0.15, -0.1) is 0 Å². The van der Waals surface area contributed by atoms with E-state index in [1.54, 1.807) is 0 Å². The Morgan fingerprint density at radius 1 is 1.35 bits per heavy atom. The molecule has 0 radical (unpaired) electrons. The summed E-state index contributed by atoms with van der Waals surface area (Å²) in [6, 6.07) is 1.00. The number of carbonyl (C=O) groups is 1.